The monoisotopic (exact) mass is 611 g/mol. The number of benzene rings is 3. The summed E-state index contributed by atoms with van der Waals surface area (Å²) in [5.74, 6) is -0.439. The van der Waals surface area contributed by atoms with Crippen LogP contribution in [0.1, 0.15) is 43.7 Å². The average Bonchev–Trinajstić information content (AvgIpc) is 2.97. The van der Waals surface area contributed by atoms with Crippen molar-refractivity contribution < 1.29 is 26.7 Å². The van der Waals surface area contributed by atoms with E-state index in [1.165, 1.54) is 4.90 Å². The molecule has 4 rings (SSSR count). The van der Waals surface area contributed by atoms with Crippen LogP contribution in [0.3, 0.4) is 0 Å². The lowest BCUT2D eigenvalue weighted by Gasteiger charge is -2.34. The van der Waals surface area contributed by atoms with Crippen molar-refractivity contribution in [3.8, 4) is 17.6 Å². The molecule has 0 bridgehead atoms. The lowest BCUT2D eigenvalue weighted by Crippen LogP contribution is -2.49. The van der Waals surface area contributed by atoms with Gasteiger partial charge in [-0.05, 0) is 67.3 Å². The summed E-state index contributed by atoms with van der Waals surface area (Å²) in [6, 6.07) is 17.1. The molecule has 3 aromatic rings. The maximum absolute atomic E-state index is 14.7. The Bertz CT molecular complexity index is 1550. The number of hydrogen-bond acceptors (Lipinski definition) is 6. The Morgan fingerprint density at radius 1 is 1.05 bits per heavy atom. The van der Waals surface area contributed by atoms with Crippen molar-refractivity contribution in [2.45, 2.75) is 45.2 Å². The smallest absolute Gasteiger partial charge is 0.322 e. The van der Waals surface area contributed by atoms with Crippen molar-refractivity contribution >= 4 is 27.4 Å². The van der Waals surface area contributed by atoms with E-state index in [1.54, 1.807) is 30.3 Å². The summed E-state index contributed by atoms with van der Waals surface area (Å²) in [5.41, 5.74) is 0.987. The van der Waals surface area contributed by atoms with Crippen LogP contribution in [-0.2, 0) is 16.6 Å². The fourth-order valence-electron chi connectivity index (χ4n) is 4.83. The summed E-state index contributed by atoms with van der Waals surface area (Å²) in [6.45, 7) is 4.42. The van der Waals surface area contributed by atoms with Gasteiger partial charge in [-0.3, -0.25) is 14.5 Å². The van der Waals surface area contributed by atoms with Crippen molar-refractivity contribution in [1.82, 2.24) is 10.2 Å². The number of rotatable bonds is 11. The third-order valence-corrected chi connectivity index (χ3v) is 7.67. The first-order chi connectivity index (χ1) is 20.5. The number of carbonyl (C=O) groups excluding carboxylic acids is 1. The number of hydrogen-bond donors (Lipinski definition) is 2. The van der Waals surface area contributed by atoms with Crippen molar-refractivity contribution in [3.05, 3.63) is 83.4 Å². The molecule has 9 nitrogen and oxygen atoms in total. The van der Waals surface area contributed by atoms with Crippen molar-refractivity contribution in [2.75, 3.05) is 35.5 Å². The minimum Gasteiger partial charge on any atom is -0.457 e. The van der Waals surface area contributed by atoms with E-state index in [9.17, 15) is 22.0 Å². The highest BCUT2D eigenvalue weighted by Gasteiger charge is 2.26. The van der Waals surface area contributed by atoms with Crippen LogP contribution in [0.15, 0.2) is 60.7 Å². The second-order valence-corrected chi connectivity index (χ2v) is 12.3. The largest absolute Gasteiger partial charge is 0.457 e. The molecule has 228 valence electrons. The van der Waals surface area contributed by atoms with E-state index in [2.05, 4.69) is 14.9 Å². The molecule has 2 amide bonds. The molecule has 43 heavy (non-hydrogen) atoms. The molecule has 1 saturated heterocycles. The number of halogens is 2. The Labute approximate surface area is 251 Å². The van der Waals surface area contributed by atoms with E-state index >= 15 is 0 Å². The number of sulfonamides is 1. The lowest BCUT2D eigenvalue weighted by atomic mass is 10.0. The zero-order valence-electron chi connectivity index (χ0n) is 24.1. The molecule has 1 heterocycles. The van der Waals surface area contributed by atoms with Crippen LogP contribution in [0.2, 0.25) is 0 Å². The van der Waals surface area contributed by atoms with Crippen LogP contribution in [0.4, 0.5) is 25.0 Å². The normalized spacial score (nSPS) is 14.1. The molecule has 1 aliphatic heterocycles. The van der Waals surface area contributed by atoms with Gasteiger partial charge in [0.1, 0.15) is 29.2 Å². The molecule has 2 N–H and O–H groups in total. The molecule has 0 saturated carbocycles. The highest BCUT2D eigenvalue weighted by atomic mass is 32.2. The van der Waals surface area contributed by atoms with Crippen LogP contribution >= 0.6 is 0 Å². The van der Waals surface area contributed by atoms with Gasteiger partial charge in [0.2, 0.25) is 10.0 Å². The zero-order chi connectivity index (χ0) is 31.0. The number of nitrogens with one attached hydrogen (secondary N) is 2. The number of piperidine rings is 1. The van der Waals surface area contributed by atoms with Gasteiger partial charge in [0, 0.05) is 44.0 Å². The number of carbonyl (C=O) groups is 1. The van der Waals surface area contributed by atoms with E-state index in [0.717, 1.165) is 50.0 Å². The Morgan fingerprint density at radius 3 is 2.26 bits per heavy atom. The van der Waals surface area contributed by atoms with Crippen LogP contribution in [0.5, 0.6) is 11.5 Å². The third-order valence-electron chi connectivity index (χ3n) is 7.07. The molecule has 0 unspecified atom stereocenters. The highest BCUT2D eigenvalue weighted by Crippen LogP contribution is 2.26. The number of likely N-dealkylation sites (tertiary alicyclic amines) is 1. The second-order valence-electron chi connectivity index (χ2n) is 10.5. The topological polar surface area (TPSA) is 115 Å². The summed E-state index contributed by atoms with van der Waals surface area (Å²) < 4.78 is 60.0. The first-order valence-electron chi connectivity index (χ1n) is 14.1. The van der Waals surface area contributed by atoms with Gasteiger partial charge in [0.25, 0.3) is 0 Å². The Balaban J connectivity index is 1.28. The molecular weight excluding hydrogens is 576 g/mol. The Morgan fingerprint density at radius 2 is 1.67 bits per heavy atom. The van der Waals surface area contributed by atoms with Gasteiger partial charge in [-0.2, -0.15) is 5.26 Å². The van der Waals surface area contributed by atoms with Gasteiger partial charge in [-0.15, -0.1) is 0 Å². The number of nitrogens with zero attached hydrogens (tertiary/aromatic N) is 3. The predicted molar refractivity (Wildman–Crippen MR) is 162 cm³/mol. The lowest BCUT2D eigenvalue weighted by molar-refractivity contribution is 0.188. The van der Waals surface area contributed by atoms with Gasteiger partial charge in [0.05, 0.1) is 17.5 Å². The standard InChI is InChI=1S/C31H35F2N5O4S/c1-3-4-15-38(30-19-28(32)23(20-34)18-29(30)33)31(39)35-24-13-16-37(17-14-24)21-22-5-9-26(10-6-22)42-27-11-7-25(8-12-27)36-43(2,40)41/h5-12,18-19,24,36H,3-4,13-17,21H2,1-2H3,(H,35,39). The summed E-state index contributed by atoms with van der Waals surface area (Å²) in [5, 5.41) is 12.0. The van der Waals surface area contributed by atoms with Crippen LogP contribution in [-0.4, -0.2) is 51.3 Å². The number of amides is 2. The first-order valence-corrected chi connectivity index (χ1v) is 16.0. The zero-order valence-corrected chi connectivity index (χ0v) is 25.0. The fourth-order valence-corrected chi connectivity index (χ4v) is 5.39. The molecule has 0 radical (unpaired) electrons. The number of ether oxygens (including phenoxy) is 1. The fraction of sp³-hybridized carbons (Fsp3) is 0.355. The van der Waals surface area contributed by atoms with Crippen molar-refractivity contribution in [1.29, 1.82) is 5.26 Å². The van der Waals surface area contributed by atoms with Crippen LogP contribution in [0, 0.1) is 23.0 Å². The van der Waals surface area contributed by atoms with E-state index < -0.39 is 33.3 Å². The number of anilines is 2. The van der Waals surface area contributed by atoms with Gasteiger partial charge in [0.15, 0.2) is 0 Å². The highest BCUT2D eigenvalue weighted by molar-refractivity contribution is 7.92. The summed E-state index contributed by atoms with van der Waals surface area (Å²) in [4.78, 5) is 16.7. The van der Waals surface area contributed by atoms with Crippen molar-refractivity contribution in [2.24, 2.45) is 0 Å². The number of unbranched alkanes of at least 4 members (excludes halogenated alkanes) is 1. The Kier molecular flexibility index (Phi) is 10.6. The van der Waals surface area contributed by atoms with Gasteiger partial charge in [-0.25, -0.2) is 22.0 Å². The minimum absolute atomic E-state index is 0.103. The summed E-state index contributed by atoms with van der Waals surface area (Å²) in [7, 11) is -3.34. The summed E-state index contributed by atoms with van der Waals surface area (Å²) in [6.07, 6.45) is 3.90. The van der Waals surface area contributed by atoms with Crippen LogP contribution < -0.4 is 19.7 Å². The van der Waals surface area contributed by atoms with E-state index in [-0.39, 0.29) is 18.3 Å². The predicted octanol–water partition coefficient (Wildman–Crippen LogP) is 5.98. The molecule has 1 aliphatic rings. The van der Waals surface area contributed by atoms with Gasteiger partial charge < -0.3 is 10.1 Å². The molecule has 0 spiro atoms. The molecule has 12 heteroatoms. The second kappa shape index (κ2) is 14.3. The van der Waals surface area contributed by atoms with E-state index in [1.807, 2.05) is 31.2 Å². The van der Waals surface area contributed by atoms with Gasteiger partial charge in [-0.1, -0.05) is 25.5 Å². The molecule has 0 aromatic heterocycles. The summed E-state index contributed by atoms with van der Waals surface area (Å²) >= 11 is 0. The molecule has 3 aromatic carbocycles. The molecular formula is C31H35F2N5O4S. The van der Waals surface area contributed by atoms with Gasteiger partial charge >= 0.3 is 6.03 Å². The van der Waals surface area contributed by atoms with E-state index in [4.69, 9.17) is 10.00 Å². The molecule has 1 fully saturated rings. The quantitative estimate of drug-likeness (QED) is 0.276. The molecule has 0 aliphatic carbocycles. The van der Waals surface area contributed by atoms with E-state index in [0.29, 0.717) is 36.4 Å². The first kappa shape index (κ1) is 31.7. The number of urea groups is 1. The minimum atomic E-state index is -3.34. The maximum Gasteiger partial charge on any atom is 0.322 e. The molecule has 0 atom stereocenters. The van der Waals surface area contributed by atoms with Crippen LogP contribution in [0.25, 0.3) is 0 Å². The maximum atomic E-state index is 14.7. The SMILES string of the molecule is CCCCN(C(=O)NC1CCN(Cc2ccc(Oc3ccc(NS(C)(=O)=O)cc3)cc2)CC1)c1cc(F)c(C#N)cc1F. The average molecular weight is 612 g/mol. The number of nitriles is 1. The third kappa shape index (κ3) is 9.14. The Hall–Kier alpha value is -4.21. The van der Waals surface area contributed by atoms with Crippen molar-refractivity contribution in [3.63, 3.8) is 0 Å².